The molecule has 116 valence electrons. The summed E-state index contributed by atoms with van der Waals surface area (Å²) >= 11 is 3.27. The smallest absolute Gasteiger partial charge is 0.273 e. The summed E-state index contributed by atoms with van der Waals surface area (Å²) in [5, 5.41) is 11.5. The Balaban J connectivity index is 2.22. The van der Waals surface area contributed by atoms with Crippen LogP contribution in [0.1, 0.15) is 21.5 Å². The van der Waals surface area contributed by atoms with Gasteiger partial charge in [-0.2, -0.15) is 0 Å². The summed E-state index contributed by atoms with van der Waals surface area (Å²) in [6, 6.07) is 3.66. The number of aromatic amines is 1. The largest absolute Gasteiger partial charge is 0.345 e. The van der Waals surface area contributed by atoms with Crippen molar-refractivity contribution in [1.82, 2.24) is 9.97 Å². The van der Waals surface area contributed by atoms with E-state index < -0.39 is 16.5 Å². The number of rotatable bonds is 3. The third-order valence-corrected chi connectivity index (χ3v) is 3.99. The molecule has 3 aromatic rings. The first-order valence-corrected chi connectivity index (χ1v) is 7.30. The maximum Gasteiger partial charge on any atom is 0.273 e. The van der Waals surface area contributed by atoms with Gasteiger partial charge in [-0.3, -0.25) is 14.9 Å². The molecule has 1 aromatic carbocycles. The van der Waals surface area contributed by atoms with Crippen LogP contribution >= 0.6 is 15.9 Å². The SMILES string of the molecule is Cc1c([N+](=O)[O-])ccc(F)c1C(=O)c1c[nH]c2ncc(Br)cc12. The van der Waals surface area contributed by atoms with Crippen molar-refractivity contribution < 1.29 is 14.1 Å². The van der Waals surface area contributed by atoms with Gasteiger partial charge in [0.1, 0.15) is 11.5 Å². The molecule has 2 aromatic heterocycles. The number of H-pyrrole nitrogens is 1. The minimum atomic E-state index is -0.796. The van der Waals surface area contributed by atoms with Crippen molar-refractivity contribution in [3.05, 3.63) is 67.7 Å². The highest BCUT2D eigenvalue weighted by molar-refractivity contribution is 9.10. The van der Waals surface area contributed by atoms with Gasteiger partial charge in [0.2, 0.25) is 0 Å². The summed E-state index contributed by atoms with van der Waals surface area (Å²) in [6.07, 6.45) is 2.98. The van der Waals surface area contributed by atoms with Crippen LogP contribution in [0.15, 0.2) is 35.1 Å². The average molecular weight is 378 g/mol. The topological polar surface area (TPSA) is 88.9 Å². The second-order valence-electron chi connectivity index (χ2n) is 4.90. The molecule has 6 nitrogen and oxygen atoms in total. The number of hydrogen-bond acceptors (Lipinski definition) is 4. The van der Waals surface area contributed by atoms with Gasteiger partial charge in [-0.15, -0.1) is 0 Å². The highest BCUT2D eigenvalue weighted by Crippen LogP contribution is 2.29. The molecular formula is C15H9BrFN3O3. The van der Waals surface area contributed by atoms with Gasteiger partial charge in [-0.1, -0.05) is 0 Å². The third-order valence-electron chi connectivity index (χ3n) is 3.55. The molecule has 0 unspecified atom stereocenters. The Labute approximate surface area is 137 Å². The van der Waals surface area contributed by atoms with E-state index in [1.54, 1.807) is 12.3 Å². The summed E-state index contributed by atoms with van der Waals surface area (Å²) in [7, 11) is 0. The summed E-state index contributed by atoms with van der Waals surface area (Å²) < 4.78 is 14.8. The lowest BCUT2D eigenvalue weighted by atomic mass is 9.97. The van der Waals surface area contributed by atoms with E-state index in [-0.39, 0.29) is 22.4 Å². The number of pyridine rings is 1. The predicted molar refractivity (Wildman–Crippen MR) is 85.0 cm³/mol. The van der Waals surface area contributed by atoms with Crippen molar-refractivity contribution in [1.29, 1.82) is 0 Å². The van der Waals surface area contributed by atoms with Gasteiger partial charge in [0.05, 0.1) is 10.5 Å². The van der Waals surface area contributed by atoms with Crippen LogP contribution in [0.2, 0.25) is 0 Å². The standard InChI is InChI=1S/C15H9BrFN3O3/c1-7-12(20(22)23)3-2-11(17)13(7)14(21)10-6-19-15-9(10)4-8(16)5-18-15/h2-6H,1H3,(H,18,19). The number of nitro benzene ring substituents is 1. The van der Waals surface area contributed by atoms with Gasteiger partial charge in [0.25, 0.3) is 5.69 Å². The van der Waals surface area contributed by atoms with E-state index in [1.807, 2.05) is 0 Å². The van der Waals surface area contributed by atoms with E-state index in [4.69, 9.17) is 0 Å². The van der Waals surface area contributed by atoms with Crippen molar-refractivity contribution in [3.63, 3.8) is 0 Å². The molecule has 0 saturated heterocycles. The molecule has 1 N–H and O–H groups in total. The lowest BCUT2D eigenvalue weighted by Crippen LogP contribution is -2.08. The number of carbonyl (C=O) groups excluding carboxylic acids is 1. The van der Waals surface area contributed by atoms with Gasteiger partial charge in [0.15, 0.2) is 5.78 Å². The molecule has 0 aliphatic heterocycles. The maximum atomic E-state index is 14.1. The molecule has 3 rings (SSSR count). The molecule has 0 spiro atoms. The number of fused-ring (bicyclic) bond motifs is 1. The van der Waals surface area contributed by atoms with Crippen LogP contribution in [-0.2, 0) is 0 Å². The number of halogens is 2. The van der Waals surface area contributed by atoms with Crippen molar-refractivity contribution >= 4 is 38.4 Å². The van der Waals surface area contributed by atoms with Gasteiger partial charge < -0.3 is 4.98 Å². The molecule has 0 fully saturated rings. The Hall–Kier alpha value is -2.61. The van der Waals surface area contributed by atoms with E-state index in [0.29, 0.717) is 15.5 Å². The lowest BCUT2D eigenvalue weighted by molar-refractivity contribution is -0.385. The number of benzene rings is 1. The number of hydrogen-bond donors (Lipinski definition) is 1. The molecule has 0 aliphatic rings. The Bertz CT molecular complexity index is 968. The summed E-state index contributed by atoms with van der Waals surface area (Å²) in [5.41, 5.74) is 0.0719. The van der Waals surface area contributed by atoms with Crippen LogP contribution in [0.4, 0.5) is 10.1 Å². The minimum Gasteiger partial charge on any atom is -0.345 e. The fourth-order valence-corrected chi connectivity index (χ4v) is 2.78. The molecule has 23 heavy (non-hydrogen) atoms. The number of carbonyl (C=O) groups is 1. The van der Waals surface area contributed by atoms with E-state index in [1.165, 1.54) is 13.1 Å². The molecule has 0 atom stereocenters. The first-order valence-electron chi connectivity index (χ1n) is 6.51. The molecule has 0 amide bonds. The summed E-state index contributed by atoms with van der Waals surface area (Å²) in [5.74, 6) is -1.43. The zero-order valence-corrected chi connectivity index (χ0v) is 13.3. The van der Waals surface area contributed by atoms with Crippen molar-refractivity contribution in [3.8, 4) is 0 Å². The molecular weight excluding hydrogens is 369 g/mol. The number of nitrogens with one attached hydrogen (secondary N) is 1. The fraction of sp³-hybridized carbons (Fsp3) is 0.0667. The van der Waals surface area contributed by atoms with Crippen molar-refractivity contribution in [2.75, 3.05) is 0 Å². The van der Waals surface area contributed by atoms with Gasteiger partial charge in [-0.25, -0.2) is 9.37 Å². The zero-order chi connectivity index (χ0) is 16.7. The lowest BCUT2D eigenvalue weighted by Gasteiger charge is -2.06. The normalized spacial score (nSPS) is 10.9. The maximum absolute atomic E-state index is 14.1. The van der Waals surface area contributed by atoms with E-state index in [0.717, 1.165) is 12.1 Å². The monoisotopic (exact) mass is 377 g/mol. The number of ketones is 1. The Morgan fingerprint density at radius 1 is 1.43 bits per heavy atom. The van der Waals surface area contributed by atoms with Gasteiger partial charge in [-0.05, 0) is 35.0 Å². The molecule has 2 heterocycles. The molecule has 0 aliphatic carbocycles. The van der Waals surface area contributed by atoms with Crippen LogP contribution in [0, 0.1) is 22.9 Å². The zero-order valence-electron chi connectivity index (χ0n) is 11.8. The van der Waals surface area contributed by atoms with Crippen LogP contribution in [0.5, 0.6) is 0 Å². The summed E-state index contributed by atoms with van der Waals surface area (Å²) in [6.45, 7) is 1.36. The Kier molecular flexibility index (Phi) is 3.69. The Morgan fingerprint density at radius 3 is 2.87 bits per heavy atom. The highest BCUT2D eigenvalue weighted by Gasteiger charge is 2.25. The number of nitro groups is 1. The van der Waals surface area contributed by atoms with Crippen molar-refractivity contribution in [2.24, 2.45) is 0 Å². The van der Waals surface area contributed by atoms with Gasteiger partial charge >= 0.3 is 0 Å². The fourth-order valence-electron chi connectivity index (χ4n) is 2.44. The first-order chi connectivity index (χ1) is 10.9. The number of aromatic nitrogens is 2. The summed E-state index contributed by atoms with van der Waals surface area (Å²) in [4.78, 5) is 30.0. The van der Waals surface area contributed by atoms with Crippen LogP contribution < -0.4 is 0 Å². The van der Waals surface area contributed by atoms with Gasteiger partial charge in [0, 0.05) is 39.4 Å². The first kappa shape index (κ1) is 15.3. The third kappa shape index (κ3) is 2.50. The van der Waals surface area contributed by atoms with Crippen molar-refractivity contribution in [2.45, 2.75) is 6.92 Å². The predicted octanol–water partition coefficient (Wildman–Crippen LogP) is 3.91. The quantitative estimate of drug-likeness (QED) is 0.425. The van der Waals surface area contributed by atoms with Crippen LogP contribution in [-0.4, -0.2) is 20.7 Å². The van der Waals surface area contributed by atoms with E-state index >= 15 is 0 Å². The molecule has 0 radical (unpaired) electrons. The van der Waals surface area contributed by atoms with E-state index in [9.17, 15) is 19.3 Å². The van der Waals surface area contributed by atoms with E-state index in [2.05, 4.69) is 25.9 Å². The number of nitrogens with zero attached hydrogens (tertiary/aromatic N) is 2. The molecule has 0 saturated carbocycles. The second kappa shape index (κ2) is 5.54. The average Bonchev–Trinajstić information content (AvgIpc) is 2.89. The Morgan fingerprint density at radius 2 is 2.17 bits per heavy atom. The minimum absolute atomic E-state index is 0.00249. The highest BCUT2D eigenvalue weighted by atomic mass is 79.9. The molecule has 8 heteroatoms. The van der Waals surface area contributed by atoms with Crippen LogP contribution in [0.3, 0.4) is 0 Å². The van der Waals surface area contributed by atoms with Crippen LogP contribution in [0.25, 0.3) is 11.0 Å². The molecule has 0 bridgehead atoms. The second-order valence-corrected chi connectivity index (χ2v) is 5.82.